The van der Waals surface area contributed by atoms with Gasteiger partial charge in [-0.05, 0) is 67.4 Å². The molecule has 1 heterocycles. The number of anilines is 1. The van der Waals surface area contributed by atoms with Crippen molar-refractivity contribution < 1.29 is 17.9 Å². The van der Waals surface area contributed by atoms with Gasteiger partial charge in [-0.3, -0.25) is 4.79 Å². The van der Waals surface area contributed by atoms with Gasteiger partial charge in [-0.15, -0.1) is 0 Å². The Morgan fingerprint density at radius 2 is 1.50 bits per heavy atom. The molecule has 8 heteroatoms. The van der Waals surface area contributed by atoms with Crippen molar-refractivity contribution in [3.05, 3.63) is 113 Å². The summed E-state index contributed by atoms with van der Waals surface area (Å²) in [4.78, 5) is 21.0. The van der Waals surface area contributed by atoms with Crippen LogP contribution in [0, 0.1) is 13.8 Å². The van der Waals surface area contributed by atoms with E-state index in [1.54, 1.807) is 32.0 Å². The van der Waals surface area contributed by atoms with Gasteiger partial charge in [0, 0.05) is 16.8 Å². The minimum atomic E-state index is -3.60. The molecular formula is C30H31N3O4S. The quantitative estimate of drug-likeness (QED) is 0.311. The molecule has 0 atom stereocenters. The van der Waals surface area contributed by atoms with E-state index in [1.807, 2.05) is 42.5 Å². The van der Waals surface area contributed by atoms with Crippen LogP contribution in [0.3, 0.4) is 0 Å². The molecule has 0 aliphatic carbocycles. The number of sulfone groups is 1. The highest BCUT2D eigenvalue weighted by molar-refractivity contribution is 7.90. The second kappa shape index (κ2) is 11.1. The molecular weight excluding hydrogens is 498 g/mol. The lowest BCUT2D eigenvalue weighted by Gasteiger charge is -2.26. The highest BCUT2D eigenvalue weighted by Crippen LogP contribution is 2.32. The highest BCUT2D eigenvalue weighted by atomic mass is 32.2. The summed E-state index contributed by atoms with van der Waals surface area (Å²) < 4.78 is 31.3. The van der Waals surface area contributed by atoms with Crippen molar-refractivity contribution in [2.75, 3.05) is 11.9 Å². The molecule has 0 aliphatic rings. The standard InChI is InChI=1S/C30H31N3O4S/c1-21-18-26(32-22(2)31-21)20-38(35,36)28-16-12-25(13-17-28)33-29(34)19-37-27-14-10-24(11-15-27)30(3,4)23-8-6-5-7-9-23/h5-18H,19-20H2,1-4H3,(H,33,34). The molecule has 1 N–H and O–H groups in total. The second-order valence-electron chi connectivity index (χ2n) is 9.68. The molecule has 0 aliphatic heterocycles. The lowest BCUT2D eigenvalue weighted by atomic mass is 9.78. The van der Waals surface area contributed by atoms with E-state index < -0.39 is 9.84 Å². The smallest absolute Gasteiger partial charge is 0.262 e. The monoisotopic (exact) mass is 529 g/mol. The highest BCUT2D eigenvalue weighted by Gasteiger charge is 2.22. The van der Waals surface area contributed by atoms with Crippen molar-refractivity contribution in [1.29, 1.82) is 0 Å². The van der Waals surface area contributed by atoms with E-state index in [1.165, 1.54) is 17.7 Å². The first-order chi connectivity index (χ1) is 18.0. The number of carbonyl (C=O) groups is 1. The van der Waals surface area contributed by atoms with Gasteiger partial charge in [0.2, 0.25) is 0 Å². The van der Waals surface area contributed by atoms with Crippen LogP contribution >= 0.6 is 0 Å². The van der Waals surface area contributed by atoms with Crippen LogP contribution in [0.25, 0.3) is 0 Å². The fourth-order valence-corrected chi connectivity index (χ4v) is 5.48. The summed E-state index contributed by atoms with van der Waals surface area (Å²) in [5.41, 5.74) is 3.83. The fraction of sp³-hybridized carbons (Fsp3) is 0.233. The van der Waals surface area contributed by atoms with E-state index in [9.17, 15) is 13.2 Å². The van der Waals surface area contributed by atoms with E-state index in [4.69, 9.17) is 4.74 Å². The van der Waals surface area contributed by atoms with Crippen LogP contribution in [0.5, 0.6) is 5.75 Å². The molecule has 0 fully saturated rings. The maximum atomic E-state index is 12.8. The zero-order valence-electron chi connectivity index (χ0n) is 21.9. The van der Waals surface area contributed by atoms with Crippen molar-refractivity contribution in [2.24, 2.45) is 0 Å². The Balaban J connectivity index is 1.32. The van der Waals surface area contributed by atoms with Gasteiger partial charge >= 0.3 is 0 Å². The zero-order valence-corrected chi connectivity index (χ0v) is 22.7. The van der Waals surface area contributed by atoms with E-state index in [2.05, 4.69) is 41.3 Å². The zero-order chi connectivity index (χ0) is 27.3. The molecule has 0 saturated carbocycles. The third-order valence-electron chi connectivity index (χ3n) is 6.30. The van der Waals surface area contributed by atoms with Crippen LogP contribution in [-0.2, 0) is 25.8 Å². The molecule has 38 heavy (non-hydrogen) atoms. The Morgan fingerprint density at radius 1 is 0.868 bits per heavy atom. The van der Waals surface area contributed by atoms with Gasteiger partial charge in [0.15, 0.2) is 16.4 Å². The average molecular weight is 530 g/mol. The molecule has 4 aromatic rings. The van der Waals surface area contributed by atoms with Crippen molar-refractivity contribution in [3.8, 4) is 5.75 Å². The predicted molar refractivity (Wildman–Crippen MR) is 148 cm³/mol. The molecule has 0 radical (unpaired) electrons. The summed E-state index contributed by atoms with van der Waals surface area (Å²) in [6, 6.07) is 25.7. The number of aromatic nitrogens is 2. The van der Waals surface area contributed by atoms with Crippen LogP contribution in [0.15, 0.2) is 89.8 Å². The minimum Gasteiger partial charge on any atom is -0.484 e. The number of aryl methyl sites for hydroxylation is 2. The molecule has 7 nitrogen and oxygen atoms in total. The Morgan fingerprint density at radius 3 is 2.13 bits per heavy atom. The first-order valence-corrected chi connectivity index (χ1v) is 13.9. The van der Waals surface area contributed by atoms with E-state index in [0.29, 0.717) is 23.0 Å². The largest absolute Gasteiger partial charge is 0.484 e. The minimum absolute atomic E-state index is 0.152. The Kier molecular flexibility index (Phi) is 7.92. The summed E-state index contributed by atoms with van der Waals surface area (Å²) in [5, 5.41) is 2.73. The number of benzene rings is 3. The number of nitrogens with zero attached hydrogens (tertiary/aromatic N) is 2. The first kappa shape index (κ1) is 27.0. The number of hydrogen-bond donors (Lipinski definition) is 1. The summed E-state index contributed by atoms with van der Waals surface area (Å²) in [7, 11) is -3.60. The van der Waals surface area contributed by atoms with Crippen LogP contribution in [0.4, 0.5) is 5.69 Å². The normalized spacial score (nSPS) is 11.7. The molecule has 0 bridgehead atoms. The number of hydrogen-bond acceptors (Lipinski definition) is 6. The molecule has 0 spiro atoms. The van der Waals surface area contributed by atoms with Gasteiger partial charge in [0.05, 0.1) is 16.3 Å². The lowest BCUT2D eigenvalue weighted by Crippen LogP contribution is -2.20. The van der Waals surface area contributed by atoms with Gasteiger partial charge in [-0.2, -0.15) is 0 Å². The van der Waals surface area contributed by atoms with E-state index in [-0.39, 0.29) is 28.6 Å². The number of amides is 1. The van der Waals surface area contributed by atoms with Gasteiger partial charge in [0.1, 0.15) is 11.6 Å². The number of ether oxygens (including phenoxy) is 1. The van der Waals surface area contributed by atoms with Crippen LogP contribution in [0.1, 0.15) is 42.2 Å². The number of nitrogens with one attached hydrogen (secondary N) is 1. The van der Waals surface area contributed by atoms with E-state index in [0.717, 1.165) is 11.3 Å². The summed E-state index contributed by atoms with van der Waals surface area (Å²) >= 11 is 0. The van der Waals surface area contributed by atoms with Crippen LogP contribution in [0.2, 0.25) is 0 Å². The predicted octanol–water partition coefficient (Wildman–Crippen LogP) is 5.41. The Hall–Kier alpha value is -4.04. The SMILES string of the molecule is Cc1cc(CS(=O)(=O)c2ccc(NC(=O)COc3ccc(C(C)(C)c4ccccc4)cc3)cc2)nc(C)n1. The number of rotatable bonds is 9. The Bertz CT molecular complexity index is 1500. The van der Waals surface area contributed by atoms with Crippen LogP contribution in [-0.4, -0.2) is 30.9 Å². The van der Waals surface area contributed by atoms with Crippen molar-refractivity contribution in [3.63, 3.8) is 0 Å². The number of carbonyl (C=O) groups excluding carboxylic acids is 1. The summed E-state index contributed by atoms with van der Waals surface area (Å²) in [5.74, 6) is 0.547. The maximum absolute atomic E-state index is 12.8. The van der Waals surface area contributed by atoms with Gasteiger partial charge in [-0.1, -0.05) is 56.3 Å². The molecule has 4 rings (SSSR count). The van der Waals surface area contributed by atoms with Crippen molar-refractivity contribution >= 4 is 21.4 Å². The topological polar surface area (TPSA) is 98.2 Å². The lowest BCUT2D eigenvalue weighted by molar-refractivity contribution is -0.118. The third kappa shape index (κ3) is 6.63. The van der Waals surface area contributed by atoms with Gasteiger partial charge in [-0.25, -0.2) is 18.4 Å². The third-order valence-corrected chi connectivity index (χ3v) is 7.96. The maximum Gasteiger partial charge on any atom is 0.262 e. The fourth-order valence-electron chi connectivity index (χ4n) is 4.23. The van der Waals surface area contributed by atoms with Gasteiger partial charge < -0.3 is 10.1 Å². The Labute approximate surface area is 223 Å². The average Bonchev–Trinajstić information content (AvgIpc) is 2.88. The molecule has 3 aromatic carbocycles. The molecule has 1 amide bonds. The first-order valence-electron chi connectivity index (χ1n) is 12.3. The van der Waals surface area contributed by atoms with Crippen LogP contribution < -0.4 is 10.1 Å². The van der Waals surface area contributed by atoms with Crippen molar-refractivity contribution in [1.82, 2.24) is 9.97 Å². The molecule has 0 saturated heterocycles. The van der Waals surface area contributed by atoms with Crippen molar-refractivity contribution in [2.45, 2.75) is 43.8 Å². The molecule has 1 aromatic heterocycles. The second-order valence-corrected chi connectivity index (χ2v) is 11.7. The molecule has 196 valence electrons. The van der Waals surface area contributed by atoms with E-state index >= 15 is 0 Å². The molecule has 0 unspecified atom stereocenters. The van der Waals surface area contributed by atoms with Gasteiger partial charge in [0.25, 0.3) is 5.91 Å². The summed E-state index contributed by atoms with van der Waals surface area (Å²) in [6.07, 6.45) is 0. The summed E-state index contributed by atoms with van der Waals surface area (Å²) in [6.45, 7) is 7.69.